The van der Waals surface area contributed by atoms with Crippen molar-refractivity contribution in [1.82, 2.24) is 0 Å². The quantitative estimate of drug-likeness (QED) is 0.281. The number of ether oxygens (including phenoxy) is 1. The second-order valence-electron chi connectivity index (χ2n) is 4.05. The number of rotatable bonds is 6. The standard InChI is InChI=1S/C13H15NO6/c1-3-8-9(4-2)11(6-5-10(8)14(18)19)20-13(17)7-12(15)16/h5-6H,3-4,7H2,1-2H3,(H,15,16). The second-order valence-corrected chi connectivity index (χ2v) is 4.05. The molecule has 0 spiro atoms. The smallest absolute Gasteiger partial charge is 0.322 e. The maximum atomic E-state index is 11.4. The molecule has 7 nitrogen and oxygen atoms in total. The van der Waals surface area contributed by atoms with Gasteiger partial charge in [-0.1, -0.05) is 13.8 Å². The third kappa shape index (κ3) is 3.53. The highest BCUT2D eigenvalue weighted by atomic mass is 16.6. The number of carbonyl (C=O) groups excluding carboxylic acids is 1. The van der Waals surface area contributed by atoms with Gasteiger partial charge in [0.1, 0.15) is 12.2 Å². The summed E-state index contributed by atoms with van der Waals surface area (Å²) in [5, 5.41) is 19.5. The topological polar surface area (TPSA) is 107 Å². The Balaban J connectivity index is 3.18. The van der Waals surface area contributed by atoms with E-state index in [1.54, 1.807) is 13.8 Å². The fraction of sp³-hybridized carbons (Fsp3) is 0.385. The van der Waals surface area contributed by atoms with Crippen molar-refractivity contribution in [2.45, 2.75) is 33.1 Å². The monoisotopic (exact) mass is 281 g/mol. The van der Waals surface area contributed by atoms with Gasteiger partial charge < -0.3 is 9.84 Å². The SMILES string of the molecule is CCc1c(OC(=O)CC(=O)O)ccc([N+](=O)[O-])c1CC. The Labute approximate surface area is 115 Å². The summed E-state index contributed by atoms with van der Waals surface area (Å²) < 4.78 is 4.98. The van der Waals surface area contributed by atoms with Crippen molar-refractivity contribution < 1.29 is 24.4 Å². The Morgan fingerprint density at radius 2 is 1.85 bits per heavy atom. The van der Waals surface area contributed by atoms with Gasteiger partial charge in [-0.15, -0.1) is 0 Å². The van der Waals surface area contributed by atoms with Crippen LogP contribution in [0, 0.1) is 10.1 Å². The van der Waals surface area contributed by atoms with E-state index < -0.39 is 23.3 Å². The van der Waals surface area contributed by atoms with Gasteiger partial charge >= 0.3 is 11.9 Å². The largest absolute Gasteiger partial charge is 0.481 e. The number of hydrogen-bond donors (Lipinski definition) is 1. The first kappa shape index (κ1) is 15.6. The fourth-order valence-corrected chi connectivity index (χ4v) is 1.99. The molecule has 0 bridgehead atoms. The third-order valence-electron chi connectivity index (χ3n) is 2.79. The number of hydrogen-bond acceptors (Lipinski definition) is 5. The minimum Gasteiger partial charge on any atom is -0.481 e. The molecule has 20 heavy (non-hydrogen) atoms. The lowest BCUT2D eigenvalue weighted by atomic mass is 10.00. The highest BCUT2D eigenvalue weighted by Gasteiger charge is 2.21. The van der Waals surface area contributed by atoms with Crippen LogP contribution in [0.5, 0.6) is 5.75 Å². The van der Waals surface area contributed by atoms with Crippen molar-refractivity contribution in [2.75, 3.05) is 0 Å². The lowest BCUT2D eigenvalue weighted by Crippen LogP contribution is -2.14. The molecule has 1 aromatic rings. The van der Waals surface area contributed by atoms with E-state index in [2.05, 4.69) is 0 Å². The third-order valence-corrected chi connectivity index (χ3v) is 2.79. The molecule has 0 heterocycles. The zero-order chi connectivity index (χ0) is 15.3. The van der Waals surface area contributed by atoms with Crippen molar-refractivity contribution in [2.24, 2.45) is 0 Å². The number of carbonyl (C=O) groups is 2. The molecule has 0 saturated carbocycles. The molecule has 0 unspecified atom stereocenters. The van der Waals surface area contributed by atoms with Crippen molar-refractivity contribution in [3.05, 3.63) is 33.4 Å². The zero-order valence-electron chi connectivity index (χ0n) is 11.2. The first-order chi connectivity index (χ1) is 9.40. The Morgan fingerprint density at radius 3 is 2.30 bits per heavy atom. The van der Waals surface area contributed by atoms with Gasteiger partial charge in [0.15, 0.2) is 0 Å². The molecule has 0 amide bonds. The number of nitro benzene ring substituents is 1. The number of nitrogens with zero attached hydrogens (tertiary/aromatic N) is 1. The number of carboxylic acids is 1. The number of aliphatic carboxylic acids is 1. The average molecular weight is 281 g/mol. The molecule has 0 fully saturated rings. The maximum absolute atomic E-state index is 11.4. The molecule has 0 saturated heterocycles. The van der Waals surface area contributed by atoms with E-state index in [1.165, 1.54) is 12.1 Å². The fourth-order valence-electron chi connectivity index (χ4n) is 1.99. The van der Waals surface area contributed by atoms with Gasteiger partial charge in [-0.3, -0.25) is 19.7 Å². The highest BCUT2D eigenvalue weighted by Crippen LogP contribution is 2.31. The Bertz CT molecular complexity index is 552. The van der Waals surface area contributed by atoms with Crippen LogP contribution in [-0.4, -0.2) is 22.0 Å². The van der Waals surface area contributed by atoms with Crippen LogP contribution in [0.3, 0.4) is 0 Å². The van der Waals surface area contributed by atoms with E-state index in [-0.39, 0.29) is 11.4 Å². The first-order valence-corrected chi connectivity index (χ1v) is 6.12. The summed E-state index contributed by atoms with van der Waals surface area (Å²) >= 11 is 0. The number of benzene rings is 1. The molecule has 0 aliphatic carbocycles. The molecule has 0 atom stereocenters. The Morgan fingerprint density at radius 1 is 1.25 bits per heavy atom. The van der Waals surface area contributed by atoms with Gasteiger partial charge in [-0.05, 0) is 18.9 Å². The van der Waals surface area contributed by atoms with Gasteiger partial charge in [-0.2, -0.15) is 0 Å². The lowest BCUT2D eigenvalue weighted by molar-refractivity contribution is -0.385. The highest BCUT2D eigenvalue weighted by molar-refractivity contribution is 5.91. The number of nitro groups is 1. The summed E-state index contributed by atoms with van der Waals surface area (Å²) in [5.41, 5.74) is 1.03. The maximum Gasteiger partial charge on any atom is 0.322 e. The minimum atomic E-state index is -1.29. The number of carboxylic acid groups (broad SMARTS) is 1. The van der Waals surface area contributed by atoms with Crippen LogP contribution in [-0.2, 0) is 22.4 Å². The predicted octanol–water partition coefficient (Wildman–Crippen LogP) is 2.10. The Hall–Kier alpha value is -2.44. The van der Waals surface area contributed by atoms with Crippen LogP contribution in [0.1, 0.15) is 31.4 Å². The van der Waals surface area contributed by atoms with E-state index in [9.17, 15) is 19.7 Å². The van der Waals surface area contributed by atoms with E-state index in [4.69, 9.17) is 9.84 Å². The van der Waals surface area contributed by atoms with Crippen molar-refractivity contribution in [1.29, 1.82) is 0 Å². The van der Waals surface area contributed by atoms with Gasteiger partial charge in [-0.25, -0.2) is 0 Å². The van der Waals surface area contributed by atoms with E-state index >= 15 is 0 Å². The lowest BCUT2D eigenvalue weighted by Gasteiger charge is -2.12. The number of esters is 1. The van der Waals surface area contributed by atoms with Crippen molar-refractivity contribution in [3.63, 3.8) is 0 Å². The van der Waals surface area contributed by atoms with E-state index in [0.29, 0.717) is 24.0 Å². The van der Waals surface area contributed by atoms with Crippen LogP contribution in [0.2, 0.25) is 0 Å². The molecule has 1 rings (SSSR count). The first-order valence-electron chi connectivity index (χ1n) is 6.12. The molecule has 1 aromatic carbocycles. The van der Waals surface area contributed by atoms with Gasteiger partial charge in [0.05, 0.1) is 4.92 Å². The van der Waals surface area contributed by atoms with E-state index in [0.717, 1.165) is 0 Å². The van der Waals surface area contributed by atoms with Crippen LogP contribution >= 0.6 is 0 Å². The van der Waals surface area contributed by atoms with Crippen molar-refractivity contribution in [3.8, 4) is 5.75 Å². The predicted molar refractivity (Wildman–Crippen MR) is 69.7 cm³/mol. The molecule has 0 aliphatic heterocycles. The van der Waals surface area contributed by atoms with Crippen LogP contribution in [0.15, 0.2) is 12.1 Å². The summed E-state index contributed by atoms with van der Waals surface area (Å²) in [6, 6.07) is 2.59. The molecule has 108 valence electrons. The summed E-state index contributed by atoms with van der Waals surface area (Å²) in [6.45, 7) is 3.55. The molecular weight excluding hydrogens is 266 g/mol. The van der Waals surface area contributed by atoms with Gasteiger partial charge in [0.2, 0.25) is 0 Å². The second kappa shape index (κ2) is 6.65. The van der Waals surface area contributed by atoms with Crippen molar-refractivity contribution >= 4 is 17.6 Å². The molecule has 1 N–H and O–H groups in total. The minimum absolute atomic E-state index is 0.0256. The van der Waals surface area contributed by atoms with Crippen LogP contribution < -0.4 is 4.74 Å². The van der Waals surface area contributed by atoms with Gasteiger partial charge in [0.25, 0.3) is 5.69 Å². The average Bonchev–Trinajstić information content (AvgIpc) is 2.36. The molecule has 0 aliphatic rings. The molecular formula is C13H15NO6. The Kier molecular flexibility index (Phi) is 5.19. The van der Waals surface area contributed by atoms with Gasteiger partial charge in [0, 0.05) is 17.2 Å². The summed E-state index contributed by atoms with van der Waals surface area (Å²) in [7, 11) is 0. The summed E-state index contributed by atoms with van der Waals surface area (Å²) in [6.07, 6.45) is 0.117. The van der Waals surface area contributed by atoms with Crippen LogP contribution in [0.4, 0.5) is 5.69 Å². The normalized spacial score (nSPS) is 10.1. The van der Waals surface area contributed by atoms with Crippen LogP contribution in [0.25, 0.3) is 0 Å². The molecule has 0 aromatic heterocycles. The zero-order valence-corrected chi connectivity index (χ0v) is 11.2. The molecule has 0 radical (unpaired) electrons. The van der Waals surface area contributed by atoms with E-state index in [1.807, 2.05) is 0 Å². The molecule has 7 heteroatoms. The summed E-state index contributed by atoms with van der Waals surface area (Å²) in [5.74, 6) is -2.00. The summed E-state index contributed by atoms with van der Waals surface area (Å²) in [4.78, 5) is 32.3.